The van der Waals surface area contributed by atoms with Gasteiger partial charge in [0.05, 0.1) is 6.61 Å². The normalized spacial score (nSPS) is 10.2. The Kier molecular flexibility index (Phi) is 5.33. The third-order valence-corrected chi connectivity index (χ3v) is 3.37. The third-order valence-electron chi connectivity index (χ3n) is 2.87. The summed E-state index contributed by atoms with van der Waals surface area (Å²) in [6, 6.07) is 11.5. The Morgan fingerprint density at radius 1 is 1.24 bits per heavy atom. The molecule has 3 nitrogen and oxygen atoms in total. The van der Waals surface area contributed by atoms with Crippen LogP contribution in [0.15, 0.2) is 46.9 Å². The van der Waals surface area contributed by atoms with E-state index in [9.17, 15) is 9.18 Å². The fraction of sp³-hybridized carbons (Fsp3) is 0.188. The first-order valence-electron chi connectivity index (χ1n) is 6.55. The van der Waals surface area contributed by atoms with Crippen LogP contribution in [-0.2, 0) is 6.54 Å². The molecule has 0 radical (unpaired) electrons. The maximum Gasteiger partial charge on any atom is 0.251 e. The van der Waals surface area contributed by atoms with E-state index < -0.39 is 0 Å². The first kappa shape index (κ1) is 15.5. The van der Waals surface area contributed by atoms with Crippen molar-refractivity contribution in [2.45, 2.75) is 13.5 Å². The van der Waals surface area contributed by atoms with Gasteiger partial charge >= 0.3 is 0 Å². The van der Waals surface area contributed by atoms with E-state index in [4.69, 9.17) is 4.74 Å². The smallest absolute Gasteiger partial charge is 0.251 e. The van der Waals surface area contributed by atoms with Crippen molar-refractivity contribution in [1.82, 2.24) is 5.32 Å². The highest BCUT2D eigenvalue weighted by Gasteiger charge is 2.08. The zero-order valence-corrected chi connectivity index (χ0v) is 13.1. The number of halogens is 2. The number of hydrogen-bond acceptors (Lipinski definition) is 2. The number of ether oxygens (including phenoxy) is 1. The molecule has 2 rings (SSSR count). The van der Waals surface area contributed by atoms with Crippen LogP contribution in [0.4, 0.5) is 4.39 Å². The second-order valence-corrected chi connectivity index (χ2v) is 5.29. The van der Waals surface area contributed by atoms with E-state index in [1.54, 1.807) is 36.4 Å². The van der Waals surface area contributed by atoms with Crippen molar-refractivity contribution in [2.75, 3.05) is 6.61 Å². The van der Waals surface area contributed by atoms with Gasteiger partial charge in [-0.2, -0.15) is 0 Å². The molecule has 5 heteroatoms. The zero-order valence-electron chi connectivity index (χ0n) is 11.5. The molecule has 0 unspecified atom stereocenters. The Hall–Kier alpha value is -1.88. The first-order chi connectivity index (χ1) is 10.1. The summed E-state index contributed by atoms with van der Waals surface area (Å²) in [6.45, 7) is 2.61. The van der Waals surface area contributed by atoms with E-state index in [1.165, 1.54) is 6.07 Å². The topological polar surface area (TPSA) is 38.3 Å². The van der Waals surface area contributed by atoms with E-state index in [2.05, 4.69) is 21.2 Å². The molecule has 0 bridgehead atoms. The Morgan fingerprint density at radius 2 is 1.95 bits per heavy atom. The maximum atomic E-state index is 13.6. The van der Waals surface area contributed by atoms with E-state index in [0.29, 0.717) is 23.5 Å². The Labute approximate surface area is 131 Å². The van der Waals surface area contributed by atoms with E-state index >= 15 is 0 Å². The van der Waals surface area contributed by atoms with E-state index in [0.717, 1.165) is 4.47 Å². The molecule has 0 aliphatic heterocycles. The minimum Gasteiger partial charge on any atom is -0.494 e. The Bertz CT molecular complexity index is 629. The minimum atomic E-state index is -0.342. The molecule has 0 fully saturated rings. The summed E-state index contributed by atoms with van der Waals surface area (Å²) in [6.07, 6.45) is 0. The van der Waals surface area contributed by atoms with Crippen LogP contribution in [0.3, 0.4) is 0 Å². The average Bonchev–Trinajstić information content (AvgIpc) is 2.49. The molecule has 2 aromatic carbocycles. The summed E-state index contributed by atoms with van der Waals surface area (Å²) in [7, 11) is 0. The second kappa shape index (κ2) is 7.22. The molecular weight excluding hydrogens is 337 g/mol. The number of carbonyl (C=O) groups is 1. The number of benzene rings is 2. The Morgan fingerprint density at radius 3 is 2.62 bits per heavy atom. The van der Waals surface area contributed by atoms with Crippen LogP contribution in [0.25, 0.3) is 0 Å². The number of carbonyl (C=O) groups excluding carboxylic acids is 1. The molecule has 0 heterocycles. The zero-order chi connectivity index (χ0) is 15.2. The van der Waals surface area contributed by atoms with Crippen molar-refractivity contribution in [3.8, 4) is 5.75 Å². The van der Waals surface area contributed by atoms with Gasteiger partial charge in [0, 0.05) is 22.1 Å². The van der Waals surface area contributed by atoms with E-state index in [1.807, 2.05) is 6.92 Å². The number of amides is 1. The highest BCUT2D eigenvalue weighted by Crippen LogP contribution is 2.16. The monoisotopic (exact) mass is 351 g/mol. The molecule has 2 aromatic rings. The van der Waals surface area contributed by atoms with Gasteiger partial charge in [0.25, 0.3) is 5.91 Å². The molecule has 0 aliphatic rings. The third kappa shape index (κ3) is 4.29. The minimum absolute atomic E-state index is 0.136. The van der Waals surface area contributed by atoms with Crippen LogP contribution in [0.5, 0.6) is 5.75 Å². The SMILES string of the molecule is CCOc1ccc(C(=O)NCc2cc(Br)ccc2F)cc1. The summed E-state index contributed by atoms with van der Waals surface area (Å²) in [4.78, 5) is 12.0. The van der Waals surface area contributed by atoms with Crippen molar-refractivity contribution in [1.29, 1.82) is 0 Å². The number of nitrogens with one attached hydrogen (secondary N) is 1. The van der Waals surface area contributed by atoms with Gasteiger partial charge in [0.2, 0.25) is 0 Å². The van der Waals surface area contributed by atoms with Crippen molar-refractivity contribution < 1.29 is 13.9 Å². The number of hydrogen-bond donors (Lipinski definition) is 1. The van der Waals surface area contributed by atoms with Crippen molar-refractivity contribution in [3.05, 3.63) is 63.9 Å². The van der Waals surface area contributed by atoms with Crippen LogP contribution >= 0.6 is 15.9 Å². The van der Waals surface area contributed by atoms with E-state index in [-0.39, 0.29) is 18.3 Å². The average molecular weight is 352 g/mol. The standard InChI is InChI=1S/C16H15BrFNO2/c1-2-21-14-6-3-11(4-7-14)16(20)19-10-12-9-13(17)5-8-15(12)18/h3-9H,2,10H2,1H3,(H,19,20). The lowest BCUT2D eigenvalue weighted by Gasteiger charge is -2.08. The van der Waals surface area contributed by atoms with Gasteiger partial charge in [-0.15, -0.1) is 0 Å². The molecule has 0 saturated heterocycles. The summed E-state index contributed by atoms with van der Waals surface area (Å²) < 4.78 is 19.7. The molecule has 1 amide bonds. The predicted molar refractivity (Wildman–Crippen MR) is 82.9 cm³/mol. The molecular formula is C16H15BrFNO2. The van der Waals surface area contributed by atoms with Crippen LogP contribution in [0, 0.1) is 5.82 Å². The van der Waals surface area contributed by atoms with Crippen molar-refractivity contribution in [2.24, 2.45) is 0 Å². The van der Waals surface area contributed by atoms with Gasteiger partial charge in [-0.3, -0.25) is 4.79 Å². The summed E-state index contributed by atoms with van der Waals surface area (Å²) in [5.74, 6) is 0.120. The predicted octanol–water partition coefficient (Wildman–Crippen LogP) is 3.92. The van der Waals surface area contributed by atoms with Gasteiger partial charge in [-0.1, -0.05) is 15.9 Å². The van der Waals surface area contributed by atoms with Gasteiger partial charge in [-0.25, -0.2) is 4.39 Å². The fourth-order valence-corrected chi connectivity index (χ4v) is 2.23. The highest BCUT2D eigenvalue weighted by molar-refractivity contribution is 9.10. The molecule has 0 aromatic heterocycles. The van der Waals surface area contributed by atoms with Crippen molar-refractivity contribution in [3.63, 3.8) is 0 Å². The summed E-state index contributed by atoms with van der Waals surface area (Å²) >= 11 is 3.28. The highest BCUT2D eigenvalue weighted by atomic mass is 79.9. The van der Waals surface area contributed by atoms with Crippen LogP contribution in [-0.4, -0.2) is 12.5 Å². The quantitative estimate of drug-likeness (QED) is 0.886. The lowest BCUT2D eigenvalue weighted by atomic mass is 10.2. The molecule has 0 saturated carbocycles. The Balaban J connectivity index is 1.99. The largest absolute Gasteiger partial charge is 0.494 e. The molecule has 0 atom stereocenters. The molecule has 0 aliphatic carbocycles. The summed E-state index contributed by atoms with van der Waals surface area (Å²) in [5, 5.41) is 2.69. The van der Waals surface area contributed by atoms with Crippen LogP contribution < -0.4 is 10.1 Å². The van der Waals surface area contributed by atoms with Gasteiger partial charge in [0.1, 0.15) is 11.6 Å². The number of rotatable bonds is 5. The van der Waals surface area contributed by atoms with Gasteiger partial charge in [0.15, 0.2) is 0 Å². The van der Waals surface area contributed by atoms with Gasteiger partial charge in [-0.05, 0) is 49.4 Å². The maximum absolute atomic E-state index is 13.6. The molecule has 110 valence electrons. The lowest BCUT2D eigenvalue weighted by molar-refractivity contribution is 0.0950. The first-order valence-corrected chi connectivity index (χ1v) is 7.34. The fourth-order valence-electron chi connectivity index (χ4n) is 1.83. The van der Waals surface area contributed by atoms with Crippen molar-refractivity contribution >= 4 is 21.8 Å². The van der Waals surface area contributed by atoms with Crippen LogP contribution in [0.1, 0.15) is 22.8 Å². The molecule has 0 spiro atoms. The molecule has 1 N–H and O–H groups in total. The lowest BCUT2D eigenvalue weighted by Crippen LogP contribution is -2.23. The second-order valence-electron chi connectivity index (χ2n) is 4.38. The van der Waals surface area contributed by atoms with Gasteiger partial charge < -0.3 is 10.1 Å². The summed E-state index contributed by atoms with van der Waals surface area (Å²) in [5.41, 5.74) is 0.942. The van der Waals surface area contributed by atoms with Crippen LogP contribution in [0.2, 0.25) is 0 Å². The molecule has 21 heavy (non-hydrogen) atoms.